The van der Waals surface area contributed by atoms with Crippen LogP contribution in [0.3, 0.4) is 0 Å². The van der Waals surface area contributed by atoms with Crippen LogP contribution < -0.4 is 9.47 Å². The summed E-state index contributed by atoms with van der Waals surface area (Å²) in [6, 6.07) is 15.4. The highest BCUT2D eigenvalue weighted by atomic mass is 16.5. The Morgan fingerprint density at radius 3 is 1.20 bits per heavy atom. The van der Waals surface area contributed by atoms with E-state index in [1.54, 1.807) is 0 Å². The molecule has 4 nitrogen and oxygen atoms in total. The molecule has 4 heteroatoms. The molecular formula is C26H32O4. The summed E-state index contributed by atoms with van der Waals surface area (Å²) in [6.07, 6.45) is 2.59. The third-order valence-electron chi connectivity index (χ3n) is 5.92. The Hall–Kier alpha value is -2.62. The molecule has 0 aromatic heterocycles. The average Bonchev–Trinajstić information content (AvgIpc) is 2.74. The highest BCUT2D eigenvalue weighted by Gasteiger charge is 2.32. The predicted molar refractivity (Wildman–Crippen MR) is 118 cm³/mol. The molecule has 0 atom stereocenters. The summed E-state index contributed by atoms with van der Waals surface area (Å²) in [5.41, 5.74) is 2.43. The van der Waals surface area contributed by atoms with Gasteiger partial charge in [-0.1, -0.05) is 52.0 Å². The fourth-order valence-corrected chi connectivity index (χ4v) is 3.81. The van der Waals surface area contributed by atoms with Crippen LogP contribution in [0.1, 0.15) is 76.3 Å². The zero-order valence-corrected chi connectivity index (χ0v) is 18.4. The Bertz CT molecular complexity index is 768. The summed E-state index contributed by atoms with van der Waals surface area (Å²) in [5.74, 6) is 1.31. The van der Waals surface area contributed by atoms with Gasteiger partial charge < -0.3 is 9.47 Å². The molecule has 0 heterocycles. The standard InChI is InChI=1S/C26H32O4/c1-17(2)19-9-13-23(14-10-19)29-25(27)21-5-7-22(8-6-21)26(28)30-24-15-11-20(12-16-24)18(3)4/h9-18,21-22H,5-8H2,1-4H3/t21-,22-. The van der Waals surface area contributed by atoms with E-state index in [0.29, 0.717) is 49.0 Å². The van der Waals surface area contributed by atoms with Gasteiger partial charge in [-0.15, -0.1) is 0 Å². The van der Waals surface area contributed by atoms with Gasteiger partial charge >= 0.3 is 11.9 Å². The van der Waals surface area contributed by atoms with E-state index in [1.807, 2.05) is 48.5 Å². The van der Waals surface area contributed by atoms with Crippen LogP contribution in [0.25, 0.3) is 0 Å². The first-order valence-corrected chi connectivity index (χ1v) is 11.0. The number of rotatable bonds is 6. The second kappa shape index (κ2) is 9.92. The molecule has 0 spiro atoms. The number of benzene rings is 2. The summed E-state index contributed by atoms with van der Waals surface area (Å²) in [6.45, 7) is 8.52. The third kappa shape index (κ3) is 5.71. The topological polar surface area (TPSA) is 52.6 Å². The molecule has 0 bridgehead atoms. The molecule has 0 radical (unpaired) electrons. The molecule has 2 aromatic carbocycles. The van der Waals surface area contributed by atoms with Crippen molar-refractivity contribution in [2.24, 2.45) is 11.8 Å². The van der Waals surface area contributed by atoms with E-state index in [2.05, 4.69) is 27.7 Å². The molecule has 30 heavy (non-hydrogen) atoms. The minimum atomic E-state index is -0.205. The molecule has 2 aromatic rings. The Morgan fingerprint density at radius 1 is 0.633 bits per heavy atom. The first-order chi connectivity index (χ1) is 14.3. The number of ether oxygens (including phenoxy) is 2. The van der Waals surface area contributed by atoms with Gasteiger partial charge in [-0.3, -0.25) is 9.59 Å². The summed E-state index contributed by atoms with van der Waals surface area (Å²) in [4.78, 5) is 25.0. The molecule has 0 aliphatic heterocycles. The minimum Gasteiger partial charge on any atom is -0.426 e. The predicted octanol–water partition coefficient (Wildman–Crippen LogP) is 6.25. The van der Waals surface area contributed by atoms with Crippen LogP contribution in [0.4, 0.5) is 0 Å². The van der Waals surface area contributed by atoms with Gasteiger partial charge in [0, 0.05) is 0 Å². The summed E-state index contributed by atoms with van der Waals surface area (Å²) < 4.78 is 11.1. The first kappa shape index (κ1) is 22.1. The number of carbonyl (C=O) groups is 2. The Labute approximate surface area is 179 Å². The molecular weight excluding hydrogens is 376 g/mol. The quantitative estimate of drug-likeness (QED) is 0.419. The fourth-order valence-electron chi connectivity index (χ4n) is 3.81. The lowest BCUT2D eigenvalue weighted by Gasteiger charge is -2.25. The second-order valence-corrected chi connectivity index (χ2v) is 8.84. The van der Waals surface area contributed by atoms with Crippen molar-refractivity contribution < 1.29 is 19.1 Å². The molecule has 160 valence electrons. The molecule has 1 aliphatic carbocycles. The monoisotopic (exact) mass is 408 g/mol. The lowest BCUT2D eigenvalue weighted by atomic mass is 9.82. The molecule has 0 N–H and O–H groups in total. The van der Waals surface area contributed by atoms with E-state index in [0.717, 1.165) is 0 Å². The van der Waals surface area contributed by atoms with Gasteiger partial charge in [-0.2, -0.15) is 0 Å². The summed E-state index contributed by atoms with van der Waals surface area (Å²) in [5, 5.41) is 0. The lowest BCUT2D eigenvalue weighted by Crippen LogP contribution is -2.30. The van der Waals surface area contributed by atoms with Gasteiger partial charge in [0.15, 0.2) is 0 Å². The van der Waals surface area contributed by atoms with Crippen molar-refractivity contribution in [1.29, 1.82) is 0 Å². The normalized spacial score (nSPS) is 19.0. The van der Waals surface area contributed by atoms with Crippen LogP contribution in [-0.4, -0.2) is 11.9 Å². The van der Waals surface area contributed by atoms with E-state index < -0.39 is 0 Å². The number of hydrogen-bond acceptors (Lipinski definition) is 4. The van der Waals surface area contributed by atoms with Crippen LogP contribution >= 0.6 is 0 Å². The first-order valence-electron chi connectivity index (χ1n) is 11.0. The van der Waals surface area contributed by atoms with Crippen molar-refractivity contribution in [3.05, 3.63) is 59.7 Å². The van der Waals surface area contributed by atoms with Crippen molar-refractivity contribution in [3.63, 3.8) is 0 Å². The number of hydrogen-bond donors (Lipinski definition) is 0. The highest BCUT2D eigenvalue weighted by molar-refractivity contribution is 5.77. The summed E-state index contributed by atoms with van der Waals surface area (Å²) >= 11 is 0. The van der Waals surface area contributed by atoms with Crippen molar-refractivity contribution in [2.75, 3.05) is 0 Å². The maximum atomic E-state index is 12.5. The van der Waals surface area contributed by atoms with Crippen molar-refractivity contribution in [2.45, 2.75) is 65.2 Å². The van der Waals surface area contributed by atoms with Crippen molar-refractivity contribution in [1.82, 2.24) is 0 Å². The van der Waals surface area contributed by atoms with E-state index in [1.165, 1.54) is 11.1 Å². The van der Waals surface area contributed by atoms with Gasteiger partial charge in [0.1, 0.15) is 11.5 Å². The fraction of sp³-hybridized carbons (Fsp3) is 0.462. The van der Waals surface area contributed by atoms with E-state index in [-0.39, 0.29) is 23.8 Å². The van der Waals surface area contributed by atoms with Gasteiger partial charge in [-0.05, 0) is 72.9 Å². The van der Waals surface area contributed by atoms with Crippen LogP contribution in [0.15, 0.2) is 48.5 Å². The Balaban J connectivity index is 1.47. The molecule has 0 amide bonds. The molecule has 1 fully saturated rings. The molecule has 0 saturated heterocycles. The van der Waals surface area contributed by atoms with Crippen LogP contribution in [-0.2, 0) is 9.59 Å². The smallest absolute Gasteiger partial charge is 0.314 e. The van der Waals surface area contributed by atoms with Crippen LogP contribution in [0.5, 0.6) is 11.5 Å². The molecule has 0 unspecified atom stereocenters. The van der Waals surface area contributed by atoms with Gasteiger partial charge in [0.05, 0.1) is 11.8 Å². The van der Waals surface area contributed by atoms with E-state index in [9.17, 15) is 9.59 Å². The number of carbonyl (C=O) groups excluding carboxylic acids is 2. The van der Waals surface area contributed by atoms with Crippen molar-refractivity contribution in [3.8, 4) is 11.5 Å². The molecule has 1 saturated carbocycles. The minimum absolute atomic E-state index is 0.163. The largest absolute Gasteiger partial charge is 0.426 e. The Kier molecular flexibility index (Phi) is 7.30. The van der Waals surface area contributed by atoms with Gasteiger partial charge in [0.25, 0.3) is 0 Å². The second-order valence-electron chi connectivity index (χ2n) is 8.84. The highest BCUT2D eigenvalue weighted by Crippen LogP contribution is 2.31. The molecule has 3 rings (SSSR count). The van der Waals surface area contributed by atoms with Crippen LogP contribution in [0, 0.1) is 11.8 Å². The summed E-state index contributed by atoms with van der Waals surface area (Å²) in [7, 11) is 0. The van der Waals surface area contributed by atoms with Gasteiger partial charge in [0.2, 0.25) is 0 Å². The third-order valence-corrected chi connectivity index (χ3v) is 5.92. The van der Waals surface area contributed by atoms with Crippen molar-refractivity contribution >= 4 is 11.9 Å². The SMILES string of the molecule is CC(C)c1ccc(OC(=O)[C@H]2CC[C@H](C(=O)Oc3ccc(C(C)C)cc3)CC2)cc1. The zero-order chi connectivity index (χ0) is 21.7. The average molecular weight is 409 g/mol. The lowest BCUT2D eigenvalue weighted by molar-refractivity contribution is -0.145. The van der Waals surface area contributed by atoms with Crippen LogP contribution in [0.2, 0.25) is 0 Å². The van der Waals surface area contributed by atoms with E-state index in [4.69, 9.17) is 9.47 Å². The molecule has 1 aliphatic rings. The van der Waals surface area contributed by atoms with E-state index >= 15 is 0 Å². The maximum Gasteiger partial charge on any atom is 0.314 e. The maximum absolute atomic E-state index is 12.5. The Morgan fingerprint density at radius 2 is 0.933 bits per heavy atom. The number of esters is 2. The van der Waals surface area contributed by atoms with Gasteiger partial charge in [-0.25, -0.2) is 0 Å². The zero-order valence-electron chi connectivity index (χ0n) is 18.4.